The van der Waals surface area contributed by atoms with Crippen molar-refractivity contribution in [3.8, 4) is 0 Å². The number of nitrogens with one attached hydrogen (secondary N) is 1. The first-order chi connectivity index (χ1) is 16.3. The molecular formula is C28H32Cl2N2O2. The van der Waals surface area contributed by atoms with E-state index in [0.717, 1.165) is 16.3 Å². The fraction of sp³-hybridized carbons (Fsp3) is 0.357. The van der Waals surface area contributed by atoms with Gasteiger partial charge in [-0.05, 0) is 47.2 Å². The Labute approximate surface area is 212 Å². The summed E-state index contributed by atoms with van der Waals surface area (Å²) in [4.78, 5) is 28.3. The quantitative estimate of drug-likeness (QED) is 0.339. The molecule has 0 heterocycles. The molecule has 4 nitrogen and oxygen atoms in total. The van der Waals surface area contributed by atoms with Crippen LogP contribution in [0.25, 0.3) is 10.8 Å². The van der Waals surface area contributed by atoms with Gasteiger partial charge >= 0.3 is 0 Å². The van der Waals surface area contributed by atoms with Crippen molar-refractivity contribution in [3.63, 3.8) is 0 Å². The molecule has 0 radical (unpaired) electrons. The Balaban J connectivity index is 1.86. The number of hydrogen-bond acceptors (Lipinski definition) is 2. The van der Waals surface area contributed by atoms with E-state index >= 15 is 0 Å². The smallest absolute Gasteiger partial charge is 0.242 e. The maximum absolute atomic E-state index is 13.6. The zero-order chi connectivity index (χ0) is 24.7. The number of aryl methyl sites for hydroxylation is 1. The summed E-state index contributed by atoms with van der Waals surface area (Å²) in [5, 5.41) is 6.23. The molecule has 0 aromatic heterocycles. The van der Waals surface area contributed by atoms with Gasteiger partial charge in [0, 0.05) is 35.1 Å². The minimum Gasteiger partial charge on any atom is -0.354 e. The summed E-state index contributed by atoms with van der Waals surface area (Å²) in [6, 6.07) is 19.0. The third kappa shape index (κ3) is 6.52. The number of fused-ring (bicyclic) bond motifs is 1. The summed E-state index contributed by atoms with van der Waals surface area (Å²) in [6.07, 6.45) is 1.35. The van der Waals surface area contributed by atoms with Crippen LogP contribution in [0.3, 0.4) is 0 Å². The van der Waals surface area contributed by atoms with Gasteiger partial charge in [-0.25, -0.2) is 0 Å². The molecule has 0 fully saturated rings. The molecule has 0 aliphatic carbocycles. The van der Waals surface area contributed by atoms with Gasteiger partial charge in [-0.15, -0.1) is 0 Å². The van der Waals surface area contributed by atoms with Crippen LogP contribution in [-0.4, -0.2) is 29.3 Å². The first-order valence-corrected chi connectivity index (χ1v) is 12.5. The third-order valence-corrected chi connectivity index (χ3v) is 6.66. The van der Waals surface area contributed by atoms with Gasteiger partial charge in [0.15, 0.2) is 0 Å². The molecule has 2 amide bonds. The lowest BCUT2D eigenvalue weighted by molar-refractivity contribution is -0.141. The summed E-state index contributed by atoms with van der Waals surface area (Å²) in [7, 11) is 0. The van der Waals surface area contributed by atoms with Crippen LogP contribution in [0.1, 0.15) is 44.7 Å². The van der Waals surface area contributed by atoms with Crippen LogP contribution >= 0.6 is 23.2 Å². The van der Waals surface area contributed by atoms with E-state index in [2.05, 4.69) is 29.6 Å². The van der Waals surface area contributed by atoms with Crippen molar-refractivity contribution >= 4 is 45.8 Å². The van der Waals surface area contributed by atoms with E-state index in [9.17, 15) is 9.59 Å². The molecular weight excluding hydrogens is 467 g/mol. The lowest BCUT2D eigenvalue weighted by atomic mass is 10.00. The Morgan fingerprint density at radius 1 is 0.941 bits per heavy atom. The van der Waals surface area contributed by atoms with E-state index in [4.69, 9.17) is 23.2 Å². The SMILES string of the molecule is CC[C@@H](C(=O)NCC(C)C)N(Cc1c(Cl)cccc1Cl)C(=O)CCc1cccc2ccccc12. The number of amides is 2. The molecule has 34 heavy (non-hydrogen) atoms. The Morgan fingerprint density at radius 3 is 2.26 bits per heavy atom. The number of rotatable bonds is 10. The Morgan fingerprint density at radius 2 is 1.59 bits per heavy atom. The van der Waals surface area contributed by atoms with E-state index in [1.54, 1.807) is 23.1 Å². The normalized spacial score (nSPS) is 12.1. The topological polar surface area (TPSA) is 49.4 Å². The second-order valence-electron chi connectivity index (χ2n) is 8.92. The van der Waals surface area contributed by atoms with Crippen LogP contribution < -0.4 is 5.32 Å². The molecule has 0 spiro atoms. The van der Waals surface area contributed by atoms with Crippen molar-refractivity contribution in [2.24, 2.45) is 5.92 Å². The predicted octanol–water partition coefficient (Wildman–Crippen LogP) is 6.66. The maximum atomic E-state index is 13.6. The van der Waals surface area contributed by atoms with E-state index < -0.39 is 6.04 Å². The second kappa shape index (κ2) is 12.2. The number of carbonyl (C=O) groups excluding carboxylic acids is 2. The van der Waals surface area contributed by atoms with E-state index in [-0.39, 0.29) is 24.8 Å². The zero-order valence-electron chi connectivity index (χ0n) is 20.0. The van der Waals surface area contributed by atoms with Crippen molar-refractivity contribution in [3.05, 3.63) is 81.8 Å². The highest BCUT2D eigenvalue weighted by Crippen LogP contribution is 2.28. The highest BCUT2D eigenvalue weighted by molar-refractivity contribution is 6.36. The van der Waals surface area contributed by atoms with Gasteiger partial charge in [-0.1, -0.05) is 92.5 Å². The van der Waals surface area contributed by atoms with Gasteiger partial charge in [0.25, 0.3) is 0 Å². The molecule has 0 saturated carbocycles. The van der Waals surface area contributed by atoms with Crippen molar-refractivity contribution in [2.45, 2.75) is 52.6 Å². The third-order valence-electron chi connectivity index (χ3n) is 5.95. The fourth-order valence-electron chi connectivity index (χ4n) is 4.09. The number of benzene rings is 3. The second-order valence-corrected chi connectivity index (χ2v) is 9.74. The van der Waals surface area contributed by atoms with Crippen LogP contribution in [0.5, 0.6) is 0 Å². The van der Waals surface area contributed by atoms with Gasteiger partial charge in [0.05, 0.1) is 0 Å². The predicted molar refractivity (Wildman–Crippen MR) is 141 cm³/mol. The molecule has 0 saturated heterocycles. The van der Waals surface area contributed by atoms with Gasteiger partial charge in [0.2, 0.25) is 11.8 Å². The zero-order valence-corrected chi connectivity index (χ0v) is 21.5. The minimum atomic E-state index is -0.605. The summed E-state index contributed by atoms with van der Waals surface area (Å²) in [5.41, 5.74) is 1.76. The van der Waals surface area contributed by atoms with Crippen molar-refractivity contribution in [1.29, 1.82) is 0 Å². The number of carbonyl (C=O) groups is 2. The van der Waals surface area contributed by atoms with Crippen molar-refractivity contribution in [1.82, 2.24) is 10.2 Å². The molecule has 3 rings (SSSR count). The lowest BCUT2D eigenvalue weighted by Gasteiger charge is -2.31. The highest BCUT2D eigenvalue weighted by Gasteiger charge is 2.29. The Hall–Kier alpha value is -2.56. The fourth-order valence-corrected chi connectivity index (χ4v) is 4.61. The maximum Gasteiger partial charge on any atom is 0.242 e. The number of halogens is 2. The molecule has 6 heteroatoms. The van der Waals surface area contributed by atoms with Crippen LogP contribution in [0.4, 0.5) is 0 Å². The monoisotopic (exact) mass is 498 g/mol. The Kier molecular flexibility index (Phi) is 9.37. The van der Waals surface area contributed by atoms with Crippen molar-refractivity contribution < 1.29 is 9.59 Å². The largest absolute Gasteiger partial charge is 0.354 e. The van der Waals surface area contributed by atoms with Gasteiger partial charge in [-0.2, -0.15) is 0 Å². The van der Waals surface area contributed by atoms with Crippen LogP contribution in [0.15, 0.2) is 60.7 Å². The first kappa shape index (κ1) is 26.1. The molecule has 0 aliphatic heterocycles. The average molecular weight is 499 g/mol. The molecule has 1 atom stereocenters. The van der Waals surface area contributed by atoms with Crippen LogP contribution in [0, 0.1) is 5.92 Å². The molecule has 3 aromatic carbocycles. The van der Waals surface area contributed by atoms with Crippen molar-refractivity contribution in [2.75, 3.05) is 6.54 Å². The van der Waals surface area contributed by atoms with E-state index in [1.165, 1.54) is 0 Å². The molecule has 1 N–H and O–H groups in total. The molecule has 3 aromatic rings. The minimum absolute atomic E-state index is 0.101. The summed E-state index contributed by atoms with van der Waals surface area (Å²) in [5.74, 6) is 0.0586. The average Bonchev–Trinajstić information content (AvgIpc) is 2.82. The lowest BCUT2D eigenvalue weighted by Crippen LogP contribution is -2.49. The van der Waals surface area contributed by atoms with E-state index in [1.807, 2.05) is 39.0 Å². The molecule has 0 bridgehead atoms. The standard InChI is InChI=1S/C28H32Cl2N2O2/c1-4-26(28(34)31-17-19(2)3)32(18-23-24(29)13-8-14-25(23)30)27(33)16-15-21-11-7-10-20-9-5-6-12-22(20)21/h5-14,19,26H,4,15-18H2,1-3H3,(H,31,34)/t26-/m0/s1. The summed E-state index contributed by atoms with van der Waals surface area (Å²) in [6.45, 7) is 6.73. The highest BCUT2D eigenvalue weighted by atomic mass is 35.5. The summed E-state index contributed by atoms with van der Waals surface area (Å²) >= 11 is 12.8. The molecule has 180 valence electrons. The van der Waals surface area contributed by atoms with E-state index in [0.29, 0.717) is 40.9 Å². The Bertz CT molecular complexity index is 1120. The van der Waals surface area contributed by atoms with Gasteiger partial charge in [-0.3, -0.25) is 9.59 Å². The molecule has 0 aliphatic rings. The molecule has 0 unspecified atom stereocenters. The van der Waals surface area contributed by atoms with Crippen LogP contribution in [0.2, 0.25) is 10.0 Å². The summed E-state index contributed by atoms with van der Waals surface area (Å²) < 4.78 is 0. The first-order valence-electron chi connectivity index (χ1n) is 11.8. The van der Waals surface area contributed by atoms with Gasteiger partial charge in [0.1, 0.15) is 6.04 Å². The number of nitrogens with zero attached hydrogens (tertiary/aromatic N) is 1. The van der Waals surface area contributed by atoms with Crippen LogP contribution in [-0.2, 0) is 22.6 Å². The van der Waals surface area contributed by atoms with Gasteiger partial charge < -0.3 is 10.2 Å². The number of hydrogen-bond donors (Lipinski definition) is 1.